The van der Waals surface area contributed by atoms with E-state index in [0.717, 1.165) is 92.8 Å². The predicted octanol–water partition coefficient (Wildman–Crippen LogP) is 4.08. The van der Waals surface area contributed by atoms with Gasteiger partial charge in [-0.25, -0.2) is 0 Å². The lowest BCUT2D eigenvalue weighted by atomic mass is 9.89. The van der Waals surface area contributed by atoms with E-state index in [0.29, 0.717) is 37.3 Å². The number of fused-ring (bicyclic) bond motifs is 14. The van der Waals surface area contributed by atoms with Crippen molar-refractivity contribution in [3.8, 4) is 80.1 Å². The molecule has 8 amide bonds. The number of rotatable bonds is 22. The van der Waals surface area contributed by atoms with Crippen LogP contribution in [-0.4, -0.2) is 234 Å². The summed E-state index contributed by atoms with van der Waals surface area (Å²) in [4.78, 5) is 127. The Morgan fingerprint density at radius 3 is 1.86 bits per heavy atom. The highest BCUT2D eigenvalue weighted by molar-refractivity contribution is 6.33. The van der Waals surface area contributed by atoms with Crippen molar-refractivity contribution in [3.05, 3.63) is 164 Å². The molecule has 15 rings (SSSR count). The monoisotopic (exact) mass is 1800 g/mol. The summed E-state index contributed by atoms with van der Waals surface area (Å²) in [5.74, 6) is -14.9. The smallest absolute Gasteiger partial charge is 0.248 e. The zero-order valence-corrected chi connectivity index (χ0v) is 71.0. The van der Waals surface area contributed by atoms with Crippen LogP contribution in [-0.2, 0) is 54.3 Å². The SMILES string of the molecule is CN[C@H]1C(=O)N[C@@H]2Cc3ccc(cc3)Oc3cc4cc(c3O[C@@H]3O[C@H](CO)[C@@H](O)[C@H](O)[C@H]3NC(=O)CCCCCCCCC(C)C)Oc3ccc(cc3Cl)[C@@H](O)[C@@H]3NC(=O)[C@H](NC(=O)[C@@H]4NC(=O)[C@H](NC2=O)c2cc(cc(O)c2Cl)Oc2cc1ccc2O)c1ccc(O)c(c1)-c1c(O[C@H]2O[C@H](CO)[C@@H](O)[C@H](O)[C@@H]2O)cc(O)cc1[C@H](C(=O)NCCCN(C)C)NC3=O. The maximum atomic E-state index is 16.8. The molecule has 8 aliphatic heterocycles. The molecular weight excluding hydrogens is 1700 g/mol. The quantitative estimate of drug-likeness (QED) is 0.0425. The van der Waals surface area contributed by atoms with Gasteiger partial charge in [-0.2, -0.15) is 0 Å². The molecule has 18 atom stereocenters. The molecule has 17 bridgehead atoms. The summed E-state index contributed by atoms with van der Waals surface area (Å²) in [7, 11) is 4.98. The van der Waals surface area contributed by atoms with E-state index in [-0.39, 0.29) is 59.1 Å². The van der Waals surface area contributed by atoms with Crippen LogP contribution in [0.5, 0.6) is 69.0 Å². The molecule has 0 saturated carbocycles. The number of unbranched alkanes of at least 4 members (excludes halogenated alkanes) is 5. The fourth-order valence-electron chi connectivity index (χ4n) is 15.9. The number of benzene rings is 7. The van der Waals surface area contributed by atoms with Gasteiger partial charge in [-0.3, -0.25) is 38.4 Å². The Balaban J connectivity index is 1.04. The van der Waals surface area contributed by atoms with Crippen molar-refractivity contribution in [2.75, 3.05) is 47.4 Å². The Morgan fingerprint density at radius 2 is 1.17 bits per heavy atom. The first-order valence-electron chi connectivity index (χ1n) is 41.5. The van der Waals surface area contributed by atoms with Crippen LogP contribution in [0.25, 0.3) is 11.1 Å². The van der Waals surface area contributed by atoms with E-state index >= 15 is 28.8 Å². The van der Waals surface area contributed by atoms with Crippen LogP contribution in [0.4, 0.5) is 0 Å². The van der Waals surface area contributed by atoms with Crippen molar-refractivity contribution >= 4 is 70.5 Å². The number of nitrogens with zero attached hydrogens (tertiary/aromatic N) is 1. The first kappa shape index (κ1) is 93.2. The number of hydrogen-bond acceptors (Lipinski definition) is 29. The first-order valence-corrected chi connectivity index (χ1v) is 42.3. The predicted molar refractivity (Wildman–Crippen MR) is 452 cm³/mol. The molecule has 37 nitrogen and oxygen atoms in total. The number of aliphatic hydroxyl groups excluding tert-OH is 8. The standard InChI is InChI=1S/C88H102Cl2N10O27/c1-39(2)13-10-8-6-7-9-11-14-63(107)94-72-76(111)74(109)61(37-101)125-87(72)127-79-59-31-44-32-60(79)123-56-24-19-43(29-51(56)89)73(108)71-86(120)98-69(81(115)92-25-12-26-100(4)5)49-33-45(103)34-58(124-88-78(113)77(112)75(110)62(38-102)126-88)64(49)48-28-41(17-22-53(48)104)67(83(117)99-71)95-84(118)68(44)96-85(119)70-50-35-47(36-55(106)65(50)90)122-57-30-42(18-23-54(57)105)66(91-3)82(116)93-52(80(114)97-70)27-40-15-20-46(121-59)21-16-40/h15-24,28-36,39,52,61-62,66-78,87-88,91,101-106,108-113H,6-14,25-27,37-38H2,1-5H3,(H,92,115)(H,93,116)(H,94,107)(H,95,118)(H,96,119)(H,97,114)(H,98,120)(H,99,117)/t52-,61-,62-,66-,67-,68-,69-,70-,71+,72-,73-,74-,75-,76-,77+,78+,87+,88+/m1/s1. The van der Waals surface area contributed by atoms with E-state index in [9.17, 15) is 70.9 Å². The molecule has 0 aliphatic carbocycles. The second-order valence-corrected chi connectivity index (χ2v) is 33.4. The lowest BCUT2D eigenvalue weighted by Gasteiger charge is -2.42. The number of carbonyl (C=O) groups excluding carboxylic acids is 8. The minimum absolute atomic E-state index is 0.0760. The van der Waals surface area contributed by atoms with Crippen molar-refractivity contribution in [1.82, 2.24) is 52.8 Å². The summed E-state index contributed by atoms with van der Waals surface area (Å²) in [6, 6.07) is 6.60. The van der Waals surface area contributed by atoms with Crippen molar-refractivity contribution in [1.29, 1.82) is 0 Å². The van der Waals surface area contributed by atoms with E-state index in [4.69, 9.17) is 56.4 Å². The summed E-state index contributed by atoms with van der Waals surface area (Å²) < 4.78 is 44.9. The van der Waals surface area contributed by atoms with Crippen molar-refractivity contribution in [2.24, 2.45) is 5.92 Å². The fraction of sp³-hybridized carbons (Fsp3) is 0.432. The van der Waals surface area contributed by atoms with Gasteiger partial charge in [0.1, 0.15) is 137 Å². The van der Waals surface area contributed by atoms with Gasteiger partial charge in [0.2, 0.25) is 65.6 Å². The van der Waals surface area contributed by atoms with Gasteiger partial charge in [0.25, 0.3) is 0 Å². The van der Waals surface area contributed by atoms with Gasteiger partial charge in [0, 0.05) is 48.2 Å². The van der Waals surface area contributed by atoms with Gasteiger partial charge >= 0.3 is 0 Å². The number of aromatic hydroxyl groups is 4. The number of nitrogens with one attached hydrogen (secondary N) is 9. The average Bonchev–Trinajstić information content (AvgIpc) is 0.759. The van der Waals surface area contributed by atoms with Gasteiger partial charge in [-0.05, 0) is 153 Å². The zero-order valence-electron chi connectivity index (χ0n) is 69.5. The molecule has 8 heterocycles. The first-order chi connectivity index (χ1) is 60.7. The van der Waals surface area contributed by atoms with E-state index in [1.807, 2.05) is 4.90 Å². The second-order valence-electron chi connectivity index (χ2n) is 32.7. The summed E-state index contributed by atoms with van der Waals surface area (Å²) in [5.41, 5.74) is -2.44. The van der Waals surface area contributed by atoms with Gasteiger partial charge in [-0.15, -0.1) is 0 Å². The van der Waals surface area contributed by atoms with Gasteiger partial charge < -0.3 is 147 Å². The normalized spacial score (nSPS) is 26.0. The number of phenolic OH excluding ortho intramolecular Hbond substituents is 4. The topological polar surface area (TPSA) is 555 Å². The Kier molecular flexibility index (Phi) is 29.9. The minimum atomic E-state index is -2.40. The fourth-order valence-corrected chi connectivity index (χ4v) is 16.4. The van der Waals surface area contributed by atoms with E-state index in [2.05, 4.69) is 61.7 Å². The molecular formula is C88H102Cl2N10O27. The lowest BCUT2D eigenvalue weighted by Crippen LogP contribution is -2.65. The Bertz CT molecular complexity index is 5240. The molecule has 680 valence electrons. The second kappa shape index (κ2) is 40.7. The van der Waals surface area contributed by atoms with Crippen LogP contribution >= 0.6 is 23.2 Å². The number of halogens is 2. The lowest BCUT2D eigenvalue weighted by molar-refractivity contribution is -0.277. The minimum Gasteiger partial charge on any atom is -0.508 e. The Labute approximate surface area is 737 Å². The maximum absolute atomic E-state index is 16.8. The number of likely N-dealkylation sites (N-methyl/N-ethyl adjacent to an activating group) is 1. The van der Waals surface area contributed by atoms with Crippen LogP contribution in [0, 0.1) is 5.92 Å². The highest BCUT2D eigenvalue weighted by Crippen LogP contribution is 2.51. The van der Waals surface area contributed by atoms with Crippen LogP contribution < -0.4 is 71.5 Å². The van der Waals surface area contributed by atoms with Crippen LogP contribution in [0.1, 0.15) is 147 Å². The van der Waals surface area contributed by atoms with Crippen LogP contribution in [0.3, 0.4) is 0 Å². The van der Waals surface area contributed by atoms with Crippen LogP contribution in [0.2, 0.25) is 10.0 Å². The van der Waals surface area contributed by atoms with E-state index in [1.54, 1.807) is 14.1 Å². The molecule has 0 unspecified atom stereocenters. The number of hydrogen-bond donors (Lipinski definition) is 21. The number of aliphatic hydroxyl groups is 8. The summed E-state index contributed by atoms with van der Waals surface area (Å²) in [6.07, 6.45) is -13.8. The molecule has 7 aromatic carbocycles. The third kappa shape index (κ3) is 21.2. The van der Waals surface area contributed by atoms with Gasteiger partial charge in [-0.1, -0.05) is 106 Å². The van der Waals surface area contributed by atoms with Crippen molar-refractivity contribution in [3.63, 3.8) is 0 Å². The molecule has 0 spiro atoms. The van der Waals surface area contributed by atoms with E-state index < -0.39 is 254 Å². The highest BCUT2D eigenvalue weighted by atomic mass is 35.5. The molecule has 2 fully saturated rings. The Morgan fingerprint density at radius 1 is 0.543 bits per heavy atom. The van der Waals surface area contributed by atoms with Crippen LogP contribution in [0.15, 0.2) is 115 Å². The van der Waals surface area contributed by atoms with Gasteiger partial charge in [0.15, 0.2) is 23.0 Å². The third-order valence-electron chi connectivity index (χ3n) is 22.8. The van der Waals surface area contributed by atoms with E-state index in [1.165, 1.54) is 61.6 Å². The molecule has 0 radical (unpaired) electrons. The Hall–Kier alpha value is -11.4. The average molecular weight is 1800 g/mol. The molecule has 8 aliphatic rings. The number of ether oxygens (including phenoxy) is 7. The number of phenols is 4. The summed E-state index contributed by atoms with van der Waals surface area (Å²) >= 11 is 14.3. The summed E-state index contributed by atoms with van der Waals surface area (Å²) in [6.45, 7) is 2.73. The van der Waals surface area contributed by atoms with Gasteiger partial charge in [0.05, 0.1) is 23.3 Å². The summed E-state index contributed by atoms with van der Waals surface area (Å²) in [5, 5.41) is 162. The molecule has 39 heteroatoms. The molecule has 21 N–H and O–H groups in total. The molecule has 2 saturated heterocycles. The van der Waals surface area contributed by atoms with Crippen molar-refractivity contribution < 1.29 is 133 Å². The van der Waals surface area contributed by atoms with Crippen molar-refractivity contribution in [2.45, 2.75) is 188 Å². The molecule has 127 heavy (non-hydrogen) atoms. The number of carbonyl (C=O) groups is 8. The number of amides is 8. The molecule has 0 aromatic heterocycles. The molecule has 7 aromatic rings. The largest absolute Gasteiger partial charge is 0.508 e. The maximum Gasteiger partial charge on any atom is 0.248 e. The zero-order chi connectivity index (χ0) is 91.1. The third-order valence-corrected chi connectivity index (χ3v) is 23.5. The highest BCUT2D eigenvalue weighted by Gasteiger charge is 2.50.